The van der Waals surface area contributed by atoms with Crippen molar-refractivity contribution in [2.45, 2.75) is 25.4 Å². The zero-order valence-corrected chi connectivity index (χ0v) is 12.0. The van der Waals surface area contributed by atoms with Crippen LogP contribution in [-0.2, 0) is 16.1 Å². The third kappa shape index (κ3) is 4.01. The van der Waals surface area contributed by atoms with Gasteiger partial charge in [0.1, 0.15) is 0 Å². The molecule has 1 aromatic rings. The highest BCUT2D eigenvalue weighted by atomic mass is 16.6. The number of carbonyl (C=O) groups is 2. The fourth-order valence-electron chi connectivity index (χ4n) is 2.29. The van der Waals surface area contributed by atoms with E-state index in [-0.39, 0.29) is 30.6 Å². The molecule has 0 bridgehead atoms. The van der Waals surface area contributed by atoms with Crippen LogP contribution in [-0.4, -0.2) is 40.8 Å². The molecule has 22 heavy (non-hydrogen) atoms. The Balaban J connectivity index is 1.82. The van der Waals surface area contributed by atoms with Crippen LogP contribution < -0.4 is 11.1 Å². The zero-order valence-electron chi connectivity index (χ0n) is 12.0. The Morgan fingerprint density at radius 3 is 2.73 bits per heavy atom. The monoisotopic (exact) mass is 306 g/mol. The maximum atomic E-state index is 11.9. The second kappa shape index (κ2) is 6.99. The molecule has 1 aliphatic rings. The number of nitro benzene ring substituents is 1. The molecule has 0 saturated carbocycles. The predicted octanol–water partition coefficient (Wildman–Crippen LogP) is 0.161. The summed E-state index contributed by atoms with van der Waals surface area (Å²) in [5.74, 6) is -0.475. The predicted molar refractivity (Wildman–Crippen MR) is 78.7 cm³/mol. The molecule has 1 heterocycles. The van der Waals surface area contributed by atoms with E-state index in [1.165, 1.54) is 17.0 Å². The van der Waals surface area contributed by atoms with Gasteiger partial charge in [-0.15, -0.1) is 0 Å². The van der Waals surface area contributed by atoms with E-state index in [1.807, 2.05) is 0 Å². The number of benzene rings is 1. The number of piperidine rings is 1. The van der Waals surface area contributed by atoms with Crippen LogP contribution in [0.5, 0.6) is 0 Å². The lowest BCUT2D eigenvalue weighted by Crippen LogP contribution is -2.51. The number of amides is 2. The van der Waals surface area contributed by atoms with E-state index in [9.17, 15) is 19.7 Å². The largest absolute Gasteiger partial charge is 0.350 e. The van der Waals surface area contributed by atoms with Crippen LogP contribution >= 0.6 is 0 Å². The smallest absolute Gasteiger partial charge is 0.269 e. The molecule has 3 N–H and O–H groups in total. The topological polar surface area (TPSA) is 119 Å². The van der Waals surface area contributed by atoms with Gasteiger partial charge >= 0.3 is 0 Å². The van der Waals surface area contributed by atoms with Crippen LogP contribution in [0.4, 0.5) is 5.69 Å². The summed E-state index contributed by atoms with van der Waals surface area (Å²) in [6, 6.07) is 5.42. The van der Waals surface area contributed by atoms with Gasteiger partial charge in [-0.3, -0.25) is 19.7 Å². The van der Waals surface area contributed by atoms with Gasteiger partial charge < -0.3 is 16.0 Å². The van der Waals surface area contributed by atoms with Crippen molar-refractivity contribution in [3.8, 4) is 0 Å². The standard InChI is InChI=1S/C14H18N4O4/c15-12-2-1-7-17(14(12)20)9-13(19)16-8-10-3-5-11(6-4-10)18(21)22/h3-6,12H,1-2,7-9,15H2,(H,16,19). The van der Waals surface area contributed by atoms with E-state index in [2.05, 4.69) is 5.32 Å². The van der Waals surface area contributed by atoms with Crippen LogP contribution in [0.3, 0.4) is 0 Å². The molecule has 0 aliphatic carbocycles. The summed E-state index contributed by atoms with van der Waals surface area (Å²) in [6.07, 6.45) is 1.45. The van der Waals surface area contributed by atoms with Crippen molar-refractivity contribution in [2.75, 3.05) is 13.1 Å². The Kier molecular flexibility index (Phi) is 5.05. The molecule has 0 radical (unpaired) electrons. The number of nitro groups is 1. The van der Waals surface area contributed by atoms with E-state index < -0.39 is 11.0 Å². The molecule has 1 unspecified atom stereocenters. The molecule has 2 amide bonds. The van der Waals surface area contributed by atoms with Crippen molar-refractivity contribution in [2.24, 2.45) is 5.73 Å². The van der Waals surface area contributed by atoms with Crippen LogP contribution in [0.25, 0.3) is 0 Å². The van der Waals surface area contributed by atoms with E-state index in [0.717, 1.165) is 12.0 Å². The molecule has 1 aliphatic heterocycles. The Morgan fingerprint density at radius 1 is 1.41 bits per heavy atom. The second-order valence-electron chi connectivity index (χ2n) is 5.21. The first-order valence-corrected chi connectivity index (χ1v) is 7.02. The molecule has 0 aromatic heterocycles. The highest BCUT2D eigenvalue weighted by Gasteiger charge is 2.26. The molecule has 0 spiro atoms. The fraction of sp³-hybridized carbons (Fsp3) is 0.429. The third-order valence-corrected chi connectivity index (χ3v) is 3.54. The highest BCUT2D eigenvalue weighted by Crippen LogP contribution is 2.12. The summed E-state index contributed by atoms with van der Waals surface area (Å²) < 4.78 is 0. The number of nitrogens with one attached hydrogen (secondary N) is 1. The van der Waals surface area contributed by atoms with Gasteiger partial charge in [-0.2, -0.15) is 0 Å². The number of likely N-dealkylation sites (tertiary alicyclic amines) is 1. The number of non-ortho nitro benzene ring substituents is 1. The van der Waals surface area contributed by atoms with Crippen LogP contribution in [0.1, 0.15) is 18.4 Å². The zero-order chi connectivity index (χ0) is 16.1. The molecule has 1 aromatic carbocycles. The van der Waals surface area contributed by atoms with Gasteiger partial charge in [0.05, 0.1) is 17.5 Å². The van der Waals surface area contributed by atoms with Crippen molar-refractivity contribution < 1.29 is 14.5 Å². The van der Waals surface area contributed by atoms with Crippen molar-refractivity contribution in [3.05, 3.63) is 39.9 Å². The fourth-order valence-corrected chi connectivity index (χ4v) is 2.29. The number of nitrogens with two attached hydrogens (primary N) is 1. The maximum absolute atomic E-state index is 11.9. The van der Waals surface area contributed by atoms with E-state index in [1.54, 1.807) is 12.1 Å². The molecule has 1 fully saturated rings. The highest BCUT2D eigenvalue weighted by molar-refractivity contribution is 5.87. The van der Waals surface area contributed by atoms with Gasteiger partial charge in [0.2, 0.25) is 11.8 Å². The maximum Gasteiger partial charge on any atom is 0.269 e. The summed E-state index contributed by atoms with van der Waals surface area (Å²) in [7, 11) is 0. The van der Waals surface area contributed by atoms with Crippen LogP contribution in [0.15, 0.2) is 24.3 Å². The summed E-state index contributed by atoms with van der Waals surface area (Å²) >= 11 is 0. The first-order chi connectivity index (χ1) is 10.5. The lowest BCUT2D eigenvalue weighted by molar-refractivity contribution is -0.384. The minimum Gasteiger partial charge on any atom is -0.350 e. The number of carbonyl (C=O) groups excluding carboxylic acids is 2. The van der Waals surface area contributed by atoms with Crippen LogP contribution in [0, 0.1) is 10.1 Å². The summed E-state index contributed by atoms with van der Waals surface area (Å²) in [5.41, 5.74) is 6.42. The molecule has 1 saturated heterocycles. The Hall–Kier alpha value is -2.48. The average Bonchev–Trinajstić information content (AvgIpc) is 2.50. The van der Waals surface area contributed by atoms with E-state index in [4.69, 9.17) is 5.73 Å². The SMILES string of the molecule is NC1CCCN(CC(=O)NCc2ccc([N+](=O)[O-])cc2)C1=O. The number of hydrogen-bond acceptors (Lipinski definition) is 5. The minimum atomic E-state index is -0.517. The van der Waals surface area contributed by atoms with Crippen molar-refractivity contribution in [3.63, 3.8) is 0 Å². The van der Waals surface area contributed by atoms with Crippen molar-refractivity contribution in [1.29, 1.82) is 0 Å². The van der Waals surface area contributed by atoms with Gasteiger partial charge in [0, 0.05) is 25.2 Å². The van der Waals surface area contributed by atoms with Crippen molar-refractivity contribution >= 4 is 17.5 Å². The van der Waals surface area contributed by atoms with Crippen molar-refractivity contribution in [1.82, 2.24) is 10.2 Å². The molecule has 118 valence electrons. The Morgan fingerprint density at radius 2 is 2.09 bits per heavy atom. The minimum absolute atomic E-state index is 0.00276. The van der Waals surface area contributed by atoms with Gasteiger partial charge in [-0.1, -0.05) is 12.1 Å². The summed E-state index contributed by atoms with van der Waals surface area (Å²) in [4.78, 5) is 35.2. The quantitative estimate of drug-likeness (QED) is 0.593. The molecule has 2 rings (SSSR count). The number of nitrogens with zero attached hydrogens (tertiary/aromatic N) is 2. The summed E-state index contributed by atoms with van der Waals surface area (Å²) in [5, 5.41) is 13.2. The van der Waals surface area contributed by atoms with Crippen LogP contribution in [0.2, 0.25) is 0 Å². The lowest BCUT2D eigenvalue weighted by Gasteiger charge is -2.29. The normalized spacial score (nSPS) is 18.1. The first kappa shape index (κ1) is 15.9. The Labute approximate surface area is 127 Å². The lowest BCUT2D eigenvalue weighted by atomic mass is 10.1. The molecule has 1 atom stereocenters. The van der Waals surface area contributed by atoms with Gasteiger partial charge in [-0.05, 0) is 18.4 Å². The molecular weight excluding hydrogens is 288 g/mol. The molecular formula is C14H18N4O4. The summed E-state index contributed by atoms with van der Waals surface area (Å²) in [6.45, 7) is 0.780. The Bertz CT molecular complexity index is 573. The molecule has 8 heteroatoms. The third-order valence-electron chi connectivity index (χ3n) is 3.54. The van der Waals surface area contributed by atoms with Gasteiger partial charge in [0.15, 0.2) is 0 Å². The van der Waals surface area contributed by atoms with E-state index in [0.29, 0.717) is 13.0 Å². The average molecular weight is 306 g/mol. The first-order valence-electron chi connectivity index (χ1n) is 7.02. The number of rotatable bonds is 5. The van der Waals surface area contributed by atoms with Gasteiger partial charge in [-0.25, -0.2) is 0 Å². The van der Waals surface area contributed by atoms with Gasteiger partial charge in [0.25, 0.3) is 5.69 Å². The molecule has 8 nitrogen and oxygen atoms in total. The van der Waals surface area contributed by atoms with E-state index >= 15 is 0 Å². The second-order valence-corrected chi connectivity index (χ2v) is 5.21. The number of hydrogen-bond donors (Lipinski definition) is 2.